The molecule has 1 heterocycles. The molecule has 0 saturated carbocycles. The predicted octanol–water partition coefficient (Wildman–Crippen LogP) is -0.0200. The van der Waals surface area contributed by atoms with Gasteiger partial charge in [-0.25, -0.2) is 0 Å². The number of hydrogen-bond acceptors (Lipinski definition) is 2. The van der Waals surface area contributed by atoms with Gasteiger partial charge in [0.25, 0.3) is 0 Å². The molecule has 1 rings (SSSR count). The highest BCUT2D eigenvalue weighted by Gasteiger charge is 2.18. The minimum absolute atomic E-state index is 0.292. The molecule has 7 heavy (non-hydrogen) atoms. The van der Waals surface area contributed by atoms with Gasteiger partial charge in [-0.05, 0) is 5.92 Å². The second kappa shape index (κ2) is 1.80. The van der Waals surface area contributed by atoms with Crippen molar-refractivity contribution in [1.82, 2.24) is 0 Å². The fraction of sp³-hybridized carbons (Fsp3) is 1.00. The summed E-state index contributed by atoms with van der Waals surface area (Å²) in [5.41, 5.74) is 5.55. The molecular formula is C5H11NO. The number of rotatable bonds is 0. The summed E-state index contributed by atoms with van der Waals surface area (Å²) in [4.78, 5) is 0. The Morgan fingerprint density at radius 3 is 2.43 bits per heavy atom. The van der Waals surface area contributed by atoms with Crippen LogP contribution in [0.1, 0.15) is 6.92 Å². The molecule has 2 heteroatoms. The van der Waals surface area contributed by atoms with E-state index in [-0.39, 0.29) is 0 Å². The summed E-state index contributed by atoms with van der Waals surface area (Å²) in [5, 5.41) is 0. The van der Waals surface area contributed by atoms with E-state index in [1.165, 1.54) is 0 Å². The first kappa shape index (κ1) is 5.06. The first-order valence-electron chi connectivity index (χ1n) is 2.64. The first-order chi connectivity index (χ1) is 3.30. The maximum atomic E-state index is 5.55. The number of ether oxygens (including phenoxy) is 1. The van der Waals surface area contributed by atoms with Crippen molar-refractivity contribution in [1.29, 1.82) is 0 Å². The minimum atomic E-state index is 0.292. The monoisotopic (exact) mass is 101 g/mol. The Morgan fingerprint density at radius 2 is 2.29 bits per heavy atom. The maximum absolute atomic E-state index is 5.55. The highest BCUT2D eigenvalue weighted by Crippen LogP contribution is 2.08. The van der Waals surface area contributed by atoms with Crippen LogP contribution in [0.2, 0.25) is 0 Å². The van der Waals surface area contributed by atoms with Crippen LogP contribution in [0, 0.1) is 5.92 Å². The van der Waals surface area contributed by atoms with Crippen LogP contribution in [0.15, 0.2) is 0 Å². The summed E-state index contributed by atoms with van der Waals surface area (Å²) in [5.74, 6) is 0.569. The van der Waals surface area contributed by atoms with Gasteiger partial charge in [-0.3, -0.25) is 0 Å². The number of nitrogens with two attached hydrogens (primary N) is 1. The van der Waals surface area contributed by atoms with Crippen molar-refractivity contribution in [2.24, 2.45) is 11.7 Å². The Bertz CT molecular complexity index is 57.1. The third-order valence-electron chi connectivity index (χ3n) is 1.42. The van der Waals surface area contributed by atoms with Crippen LogP contribution in [0.5, 0.6) is 0 Å². The lowest BCUT2D eigenvalue weighted by atomic mass is 10.1. The molecule has 0 aromatic heterocycles. The van der Waals surface area contributed by atoms with Crippen molar-refractivity contribution in [3.05, 3.63) is 0 Å². The molecule has 42 valence electrons. The van der Waals surface area contributed by atoms with Crippen LogP contribution in [0.3, 0.4) is 0 Å². The number of hydrogen-bond donors (Lipinski definition) is 1. The molecular weight excluding hydrogens is 90.1 g/mol. The van der Waals surface area contributed by atoms with E-state index in [2.05, 4.69) is 6.92 Å². The quantitative estimate of drug-likeness (QED) is 0.465. The third kappa shape index (κ3) is 0.924. The van der Waals surface area contributed by atoms with E-state index in [0.717, 1.165) is 13.2 Å². The van der Waals surface area contributed by atoms with Crippen LogP contribution in [-0.4, -0.2) is 19.3 Å². The van der Waals surface area contributed by atoms with Gasteiger partial charge in [-0.1, -0.05) is 6.92 Å². The van der Waals surface area contributed by atoms with E-state index in [9.17, 15) is 0 Å². The van der Waals surface area contributed by atoms with E-state index in [0.29, 0.717) is 12.0 Å². The van der Waals surface area contributed by atoms with E-state index < -0.39 is 0 Å². The molecule has 0 radical (unpaired) electrons. The van der Waals surface area contributed by atoms with Gasteiger partial charge >= 0.3 is 0 Å². The molecule has 2 nitrogen and oxygen atoms in total. The summed E-state index contributed by atoms with van der Waals surface area (Å²) in [7, 11) is 0. The molecule has 0 aromatic rings. The van der Waals surface area contributed by atoms with Gasteiger partial charge in [0.2, 0.25) is 0 Å². The highest BCUT2D eigenvalue weighted by atomic mass is 16.5. The Hall–Kier alpha value is -0.0800. The third-order valence-corrected chi connectivity index (χ3v) is 1.42. The molecule has 0 amide bonds. The lowest BCUT2D eigenvalue weighted by Gasteiger charge is -2.02. The highest BCUT2D eigenvalue weighted by molar-refractivity contribution is 4.73. The normalized spacial score (nSPS) is 42.0. The molecule has 0 bridgehead atoms. The van der Waals surface area contributed by atoms with Gasteiger partial charge in [0.15, 0.2) is 0 Å². The van der Waals surface area contributed by atoms with Crippen LogP contribution < -0.4 is 5.73 Å². The molecule has 0 aromatic carbocycles. The van der Waals surface area contributed by atoms with Crippen LogP contribution >= 0.6 is 0 Å². The summed E-state index contributed by atoms with van der Waals surface area (Å²) >= 11 is 0. The van der Waals surface area contributed by atoms with E-state index in [4.69, 9.17) is 10.5 Å². The molecule has 2 N–H and O–H groups in total. The zero-order valence-electron chi connectivity index (χ0n) is 4.55. The van der Waals surface area contributed by atoms with Gasteiger partial charge < -0.3 is 10.5 Å². The van der Waals surface area contributed by atoms with E-state index >= 15 is 0 Å². The molecule has 1 aliphatic rings. The van der Waals surface area contributed by atoms with Crippen molar-refractivity contribution >= 4 is 0 Å². The standard InChI is InChI=1S/C5H11NO/c1-4-2-7-3-5(4)6/h4-5H,2-3,6H2,1H3/t4-,5?/m0/s1. The Morgan fingerprint density at radius 1 is 1.57 bits per heavy atom. The van der Waals surface area contributed by atoms with Crippen LogP contribution in [0.25, 0.3) is 0 Å². The average Bonchev–Trinajstić information content (AvgIpc) is 1.91. The fourth-order valence-corrected chi connectivity index (χ4v) is 0.678. The van der Waals surface area contributed by atoms with Crippen molar-refractivity contribution in [3.63, 3.8) is 0 Å². The smallest absolute Gasteiger partial charge is 0.0621 e. The van der Waals surface area contributed by atoms with Gasteiger partial charge in [-0.15, -0.1) is 0 Å². The predicted molar refractivity (Wildman–Crippen MR) is 28.0 cm³/mol. The van der Waals surface area contributed by atoms with E-state index in [1.807, 2.05) is 0 Å². The second-order valence-corrected chi connectivity index (χ2v) is 2.18. The topological polar surface area (TPSA) is 35.2 Å². The Kier molecular flexibility index (Phi) is 1.30. The molecule has 1 fully saturated rings. The minimum Gasteiger partial charge on any atom is -0.379 e. The Balaban J connectivity index is 2.33. The average molecular weight is 101 g/mol. The van der Waals surface area contributed by atoms with Gasteiger partial charge in [0.1, 0.15) is 0 Å². The molecule has 0 aliphatic carbocycles. The lowest BCUT2D eigenvalue weighted by molar-refractivity contribution is 0.186. The van der Waals surface area contributed by atoms with Crippen molar-refractivity contribution in [2.75, 3.05) is 13.2 Å². The molecule has 1 unspecified atom stereocenters. The van der Waals surface area contributed by atoms with Crippen molar-refractivity contribution in [2.45, 2.75) is 13.0 Å². The molecule has 0 spiro atoms. The molecule has 1 saturated heterocycles. The first-order valence-corrected chi connectivity index (χ1v) is 2.64. The van der Waals surface area contributed by atoms with Crippen LogP contribution in [-0.2, 0) is 4.74 Å². The second-order valence-electron chi connectivity index (χ2n) is 2.18. The fourth-order valence-electron chi connectivity index (χ4n) is 0.678. The van der Waals surface area contributed by atoms with Crippen molar-refractivity contribution < 1.29 is 4.74 Å². The summed E-state index contributed by atoms with van der Waals surface area (Å²) in [6.45, 7) is 3.71. The zero-order chi connectivity index (χ0) is 5.28. The molecule has 1 aliphatic heterocycles. The van der Waals surface area contributed by atoms with E-state index in [1.54, 1.807) is 0 Å². The van der Waals surface area contributed by atoms with Gasteiger partial charge in [0.05, 0.1) is 13.2 Å². The zero-order valence-corrected chi connectivity index (χ0v) is 4.55. The van der Waals surface area contributed by atoms with Gasteiger partial charge in [-0.2, -0.15) is 0 Å². The largest absolute Gasteiger partial charge is 0.379 e. The van der Waals surface area contributed by atoms with Crippen LogP contribution in [0.4, 0.5) is 0 Å². The summed E-state index contributed by atoms with van der Waals surface area (Å²) in [6, 6.07) is 0.292. The summed E-state index contributed by atoms with van der Waals surface area (Å²) < 4.78 is 5.04. The lowest BCUT2D eigenvalue weighted by Crippen LogP contribution is -2.25. The summed E-state index contributed by atoms with van der Waals surface area (Å²) in [6.07, 6.45) is 0. The molecule has 2 atom stereocenters. The maximum Gasteiger partial charge on any atom is 0.0621 e. The van der Waals surface area contributed by atoms with Gasteiger partial charge in [0, 0.05) is 6.04 Å². The SMILES string of the molecule is C[C@H]1COCC1N. The Labute approximate surface area is 43.6 Å². The van der Waals surface area contributed by atoms with Crippen molar-refractivity contribution in [3.8, 4) is 0 Å².